The molecule has 6 nitrogen and oxygen atoms in total. The van der Waals surface area contributed by atoms with E-state index in [9.17, 15) is 19.1 Å². The lowest BCUT2D eigenvalue weighted by molar-refractivity contribution is 0.0141. The summed E-state index contributed by atoms with van der Waals surface area (Å²) in [5.74, 6) is -0.984. The molecule has 0 bridgehead atoms. The molecule has 0 aliphatic carbocycles. The molecule has 0 radical (unpaired) electrons. The molecule has 0 saturated carbocycles. The zero-order valence-electron chi connectivity index (χ0n) is 13.8. The second-order valence-electron chi connectivity index (χ2n) is 6.14. The van der Waals surface area contributed by atoms with Crippen LogP contribution >= 0.6 is 0 Å². The number of nitrogens with zero attached hydrogens (tertiary/aromatic N) is 2. The van der Waals surface area contributed by atoms with E-state index in [-0.39, 0.29) is 18.2 Å². The Morgan fingerprint density at radius 1 is 1.29 bits per heavy atom. The number of rotatable bonds is 5. The van der Waals surface area contributed by atoms with Crippen LogP contribution in [-0.4, -0.2) is 32.9 Å². The first-order valence-corrected chi connectivity index (χ1v) is 7.57. The molecule has 0 aliphatic rings. The van der Waals surface area contributed by atoms with Crippen molar-refractivity contribution in [3.63, 3.8) is 0 Å². The number of carbonyl (C=O) groups excluding carboxylic acids is 1. The van der Waals surface area contributed by atoms with Gasteiger partial charge in [0, 0.05) is 12.6 Å². The molecule has 24 heavy (non-hydrogen) atoms. The van der Waals surface area contributed by atoms with Crippen LogP contribution in [0.4, 0.5) is 4.39 Å². The number of aromatic nitrogens is 2. The Balaban J connectivity index is 2.23. The van der Waals surface area contributed by atoms with Gasteiger partial charge >= 0.3 is 0 Å². The molecule has 2 aromatic rings. The Bertz CT molecular complexity index is 782. The van der Waals surface area contributed by atoms with Gasteiger partial charge in [-0.05, 0) is 43.2 Å². The van der Waals surface area contributed by atoms with Crippen LogP contribution in [0.5, 0.6) is 0 Å². The van der Waals surface area contributed by atoms with Gasteiger partial charge in [-0.25, -0.2) is 4.39 Å². The highest BCUT2D eigenvalue weighted by atomic mass is 19.1. The summed E-state index contributed by atoms with van der Waals surface area (Å²) in [5, 5.41) is 16.8. The summed E-state index contributed by atoms with van der Waals surface area (Å²) < 4.78 is 14.0. The molecular formula is C17H20FN3O3. The molecule has 128 valence electrons. The van der Waals surface area contributed by atoms with Crippen molar-refractivity contribution in [2.24, 2.45) is 5.92 Å². The van der Waals surface area contributed by atoms with E-state index < -0.39 is 22.9 Å². The molecule has 0 fully saturated rings. The summed E-state index contributed by atoms with van der Waals surface area (Å²) in [5.41, 5.74) is -1.11. The van der Waals surface area contributed by atoms with Crippen molar-refractivity contribution < 1.29 is 14.3 Å². The quantitative estimate of drug-likeness (QED) is 0.869. The van der Waals surface area contributed by atoms with E-state index in [0.717, 1.165) is 4.68 Å². The average molecular weight is 333 g/mol. The normalized spacial score (nSPS) is 13.6. The minimum atomic E-state index is -1.05. The molecule has 1 amide bonds. The fraction of sp³-hybridized carbons (Fsp3) is 0.353. The van der Waals surface area contributed by atoms with Gasteiger partial charge in [-0.1, -0.05) is 13.8 Å². The van der Waals surface area contributed by atoms with Crippen molar-refractivity contribution in [3.8, 4) is 5.69 Å². The predicted molar refractivity (Wildman–Crippen MR) is 87.6 cm³/mol. The number of hydrogen-bond donors (Lipinski definition) is 2. The summed E-state index contributed by atoms with van der Waals surface area (Å²) in [6.07, 6.45) is 0. The molecule has 1 heterocycles. The van der Waals surface area contributed by atoms with E-state index in [2.05, 4.69) is 10.4 Å². The minimum absolute atomic E-state index is 0.0264. The molecule has 1 aromatic heterocycles. The van der Waals surface area contributed by atoms with Gasteiger partial charge in [0.15, 0.2) is 0 Å². The zero-order chi connectivity index (χ0) is 17.9. The molecule has 2 rings (SSSR count). The maximum absolute atomic E-state index is 13.0. The molecule has 0 saturated heterocycles. The van der Waals surface area contributed by atoms with Crippen molar-refractivity contribution in [1.29, 1.82) is 0 Å². The topological polar surface area (TPSA) is 84.2 Å². The van der Waals surface area contributed by atoms with Crippen LogP contribution in [0.1, 0.15) is 31.3 Å². The fourth-order valence-corrected chi connectivity index (χ4v) is 1.85. The highest BCUT2D eigenvalue weighted by molar-refractivity contribution is 5.92. The van der Waals surface area contributed by atoms with Crippen LogP contribution in [0, 0.1) is 11.7 Å². The van der Waals surface area contributed by atoms with Crippen molar-refractivity contribution in [3.05, 3.63) is 58.3 Å². The lowest BCUT2D eigenvalue weighted by Gasteiger charge is -2.27. The number of nitrogens with one attached hydrogen (secondary N) is 1. The molecular weight excluding hydrogens is 313 g/mol. The smallest absolute Gasteiger partial charge is 0.271 e. The van der Waals surface area contributed by atoms with Crippen LogP contribution in [0.25, 0.3) is 5.69 Å². The number of carbonyl (C=O) groups is 1. The van der Waals surface area contributed by atoms with Gasteiger partial charge in [0.2, 0.25) is 0 Å². The Kier molecular flexibility index (Phi) is 5.14. The Labute approximate surface area is 138 Å². The van der Waals surface area contributed by atoms with Gasteiger partial charge in [-0.15, -0.1) is 0 Å². The third-order valence-corrected chi connectivity index (χ3v) is 3.95. The predicted octanol–water partition coefficient (Wildman–Crippen LogP) is 1.51. The van der Waals surface area contributed by atoms with E-state index in [1.165, 1.54) is 36.4 Å². The van der Waals surface area contributed by atoms with E-state index in [1.807, 2.05) is 13.8 Å². The maximum Gasteiger partial charge on any atom is 0.271 e. The Morgan fingerprint density at radius 3 is 2.50 bits per heavy atom. The van der Waals surface area contributed by atoms with Crippen LogP contribution in [0.2, 0.25) is 0 Å². The van der Waals surface area contributed by atoms with Gasteiger partial charge < -0.3 is 10.4 Å². The van der Waals surface area contributed by atoms with Crippen molar-refractivity contribution >= 4 is 5.91 Å². The molecule has 7 heteroatoms. The van der Waals surface area contributed by atoms with Gasteiger partial charge in [0.05, 0.1) is 11.3 Å². The second kappa shape index (κ2) is 6.92. The van der Waals surface area contributed by atoms with E-state index in [0.29, 0.717) is 5.69 Å². The van der Waals surface area contributed by atoms with Crippen molar-refractivity contribution in [1.82, 2.24) is 15.1 Å². The Morgan fingerprint density at radius 2 is 1.92 bits per heavy atom. The van der Waals surface area contributed by atoms with Crippen LogP contribution < -0.4 is 10.9 Å². The maximum atomic E-state index is 13.0. The van der Waals surface area contributed by atoms with E-state index in [4.69, 9.17) is 0 Å². The SMILES string of the molecule is CC(C)C(C)(O)CNC(=O)c1ccc(=O)n(-c2ccc(F)cc2)n1. The molecule has 2 N–H and O–H groups in total. The van der Waals surface area contributed by atoms with E-state index in [1.54, 1.807) is 6.92 Å². The molecule has 1 atom stereocenters. The molecule has 0 spiro atoms. The number of benzene rings is 1. The third-order valence-electron chi connectivity index (χ3n) is 3.95. The highest BCUT2D eigenvalue weighted by Crippen LogP contribution is 2.14. The first-order chi connectivity index (χ1) is 11.2. The largest absolute Gasteiger partial charge is 0.388 e. The Hall–Kier alpha value is -2.54. The van der Waals surface area contributed by atoms with Crippen LogP contribution in [-0.2, 0) is 0 Å². The number of amides is 1. The van der Waals surface area contributed by atoms with Gasteiger partial charge in [0.25, 0.3) is 11.5 Å². The minimum Gasteiger partial charge on any atom is -0.388 e. The summed E-state index contributed by atoms with van der Waals surface area (Å²) in [6.45, 7) is 5.38. The van der Waals surface area contributed by atoms with Crippen molar-refractivity contribution in [2.45, 2.75) is 26.4 Å². The molecule has 1 aromatic carbocycles. The second-order valence-corrected chi connectivity index (χ2v) is 6.14. The number of halogens is 1. The zero-order valence-corrected chi connectivity index (χ0v) is 13.8. The summed E-state index contributed by atoms with van der Waals surface area (Å²) >= 11 is 0. The average Bonchev–Trinajstić information content (AvgIpc) is 2.54. The summed E-state index contributed by atoms with van der Waals surface area (Å²) in [6, 6.07) is 7.73. The van der Waals surface area contributed by atoms with Gasteiger partial charge in [-0.2, -0.15) is 9.78 Å². The van der Waals surface area contributed by atoms with Crippen LogP contribution in [0.3, 0.4) is 0 Å². The lowest BCUT2D eigenvalue weighted by Crippen LogP contribution is -2.44. The third kappa shape index (κ3) is 4.05. The van der Waals surface area contributed by atoms with E-state index >= 15 is 0 Å². The summed E-state index contributed by atoms with van der Waals surface area (Å²) in [4.78, 5) is 24.1. The van der Waals surface area contributed by atoms with Crippen LogP contribution in [0.15, 0.2) is 41.2 Å². The van der Waals surface area contributed by atoms with Gasteiger partial charge in [-0.3, -0.25) is 9.59 Å². The first kappa shape index (κ1) is 17.8. The lowest BCUT2D eigenvalue weighted by atomic mass is 9.92. The molecule has 1 unspecified atom stereocenters. The standard InChI is InChI=1S/C17H20FN3O3/c1-11(2)17(3,24)10-19-16(23)14-8-9-15(22)21(20-14)13-6-4-12(18)5-7-13/h4-9,11,24H,10H2,1-3H3,(H,19,23). The monoisotopic (exact) mass is 333 g/mol. The first-order valence-electron chi connectivity index (χ1n) is 7.57. The summed E-state index contributed by atoms with van der Waals surface area (Å²) in [7, 11) is 0. The fourth-order valence-electron chi connectivity index (χ4n) is 1.85. The highest BCUT2D eigenvalue weighted by Gasteiger charge is 2.25. The number of aliphatic hydroxyl groups is 1. The molecule has 0 aliphatic heterocycles. The van der Waals surface area contributed by atoms with Gasteiger partial charge in [0.1, 0.15) is 11.5 Å². The number of hydrogen-bond acceptors (Lipinski definition) is 4. The van der Waals surface area contributed by atoms with Crippen molar-refractivity contribution in [2.75, 3.05) is 6.54 Å².